The fraction of sp³-hybridized carbons (Fsp3) is 0.561. The first-order valence-corrected chi connectivity index (χ1v) is 19.5. The fourth-order valence-electron chi connectivity index (χ4n) is 7.72. The Balaban J connectivity index is 1.26. The third-order valence-electron chi connectivity index (χ3n) is 10.9. The van der Waals surface area contributed by atoms with E-state index in [4.69, 9.17) is 21.2 Å². The predicted octanol–water partition coefficient (Wildman–Crippen LogP) is 4.84. The van der Waals surface area contributed by atoms with Gasteiger partial charge in [0.15, 0.2) is 5.60 Å². The number of aryl methyl sites for hydroxylation is 1. The minimum absolute atomic E-state index is 0.0107. The molecular formula is C41H52ClN5O7. The third-order valence-corrected chi connectivity index (χ3v) is 11.2. The molecular weight excluding hydrogens is 710 g/mol. The Bertz CT molecular complexity index is 1800. The molecule has 1 spiro atoms. The van der Waals surface area contributed by atoms with E-state index in [2.05, 4.69) is 21.1 Å². The molecule has 2 aromatic rings. The maximum atomic E-state index is 14.8. The molecule has 0 bridgehead atoms. The molecule has 4 aliphatic rings. The number of halogens is 1. The van der Waals surface area contributed by atoms with Gasteiger partial charge >= 0.3 is 0 Å². The number of ether oxygens (including phenoxy) is 1. The van der Waals surface area contributed by atoms with Gasteiger partial charge in [-0.15, -0.1) is 0 Å². The first kappa shape index (κ1) is 39.2. The quantitative estimate of drug-likeness (QED) is 0.233. The number of nitrogens with zero attached hydrogens (tertiary/aromatic N) is 2. The lowest BCUT2D eigenvalue weighted by molar-refractivity contribution is -0.145. The predicted molar refractivity (Wildman–Crippen MR) is 204 cm³/mol. The van der Waals surface area contributed by atoms with Crippen molar-refractivity contribution in [2.75, 3.05) is 19.7 Å². The lowest BCUT2D eigenvalue weighted by Gasteiger charge is -2.35. The zero-order valence-corrected chi connectivity index (χ0v) is 32.8. The van der Waals surface area contributed by atoms with Gasteiger partial charge in [-0.1, -0.05) is 80.7 Å². The van der Waals surface area contributed by atoms with E-state index in [1.54, 1.807) is 13.0 Å². The average molecular weight is 762 g/mol. The van der Waals surface area contributed by atoms with Gasteiger partial charge in [-0.05, 0) is 74.1 Å². The lowest BCUT2D eigenvalue weighted by atomic mass is 9.85. The number of carbonyl (C=O) groups excluding carboxylic acids is 5. The highest BCUT2D eigenvalue weighted by Crippen LogP contribution is 2.48. The van der Waals surface area contributed by atoms with Crippen molar-refractivity contribution in [2.24, 2.45) is 22.4 Å². The van der Waals surface area contributed by atoms with E-state index in [9.17, 15) is 24.0 Å². The van der Waals surface area contributed by atoms with E-state index in [-0.39, 0.29) is 49.6 Å². The van der Waals surface area contributed by atoms with E-state index in [0.29, 0.717) is 35.9 Å². The smallest absolute Gasteiger partial charge is 0.289 e. The number of benzene rings is 2. The van der Waals surface area contributed by atoms with Gasteiger partial charge < -0.3 is 30.4 Å². The van der Waals surface area contributed by atoms with Crippen LogP contribution in [-0.4, -0.2) is 83.4 Å². The van der Waals surface area contributed by atoms with Crippen LogP contribution >= 0.6 is 11.6 Å². The summed E-state index contributed by atoms with van der Waals surface area (Å²) in [6.07, 6.45) is 3.20. The van der Waals surface area contributed by atoms with E-state index in [0.717, 1.165) is 29.5 Å². The summed E-state index contributed by atoms with van der Waals surface area (Å²) in [6, 6.07) is 10.4. The molecule has 0 aromatic heterocycles. The molecule has 12 nitrogen and oxygen atoms in total. The molecule has 3 fully saturated rings. The molecule has 2 saturated carbocycles. The van der Waals surface area contributed by atoms with E-state index in [1.165, 1.54) is 4.90 Å². The Labute approximate surface area is 322 Å². The van der Waals surface area contributed by atoms with Crippen molar-refractivity contribution in [3.05, 3.63) is 64.2 Å². The van der Waals surface area contributed by atoms with Crippen LogP contribution in [0.4, 0.5) is 0 Å². The number of carbonyl (C=O) groups is 5. The Morgan fingerprint density at radius 2 is 1.78 bits per heavy atom. The van der Waals surface area contributed by atoms with E-state index >= 15 is 0 Å². The molecule has 6 rings (SSSR count). The number of nitrogens with one attached hydrogen (secondary N) is 3. The molecule has 0 radical (unpaired) electrons. The number of likely N-dealkylation sites (tertiary alicyclic amines) is 1. The summed E-state index contributed by atoms with van der Waals surface area (Å²) in [4.78, 5) is 76.4. The summed E-state index contributed by atoms with van der Waals surface area (Å²) in [5.74, 6) is -2.07. The number of rotatable bonds is 14. The van der Waals surface area contributed by atoms with Crippen LogP contribution in [0.25, 0.3) is 0 Å². The molecule has 54 heavy (non-hydrogen) atoms. The van der Waals surface area contributed by atoms with Crippen molar-refractivity contribution in [1.29, 1.82) is 0 Å². The molecule has 2 heterocycles. The summed E-state index contributed by atoms with van der Waals surface area (Å²) in [6.45, 7) is 11.9. The summed E-state index contributed by atoms with van der Waals surface area (Å²) in [5.41, 5.74) is 1.46. The van der Waals surface area contributed by atoms with Crippen LogP contribution in [0.1, 0.15) is 95.8 Å². The van der Waals surface area contributed by atoms with Gasteiger partial charge in [0.25, 0.3) is 5.91 Å². The topological polar surface area (TPSA) is 156 Å². The molecule has 2 aliphatic carbocycles. The lowest BCUT2D eigenvalue weighted by Crippen LogP contribution is -2.59. The van der Waals surface area contributed by atoms with E-state index < -0.39 is 52.6 Å². The monoisotopic (exact) mass is 761 g/mol. The van der Waals surface area contributed by atoms with Crippen LogP contribution in [0.5, 0.6) is 5.75 Å². The SMILES string of the molecule is CCNC(=O)C(=O)[C@H](CC1CC1)NC(=O)[C@@H]1C[C@]2(CC(c3cc(C)c(OCC)c(Cl)c3)=NO2)CN1C(=O)[C@@H](NC(=O)[C@@H]1C[C@H]1c1ccccc1)C(C)(C)C. The third kappa shape index (κ3) is 8.59. The van der Waals surface area contributed by atoms with Gasteiger partial charge in [0.1, 0.15) is 17.8 Å². The van der Waals surface area contributed by atoms with Crippen molar-refractivity contribution < 1.29 is 33.5 Å². The minimum atomic E-state index is -1.07. The highest BCUT2D eigenvalue weighted by molar-refractivity contribution is 6.38. The molecule has 0 unspecified atom stereocenters. The normalized spacial score (nSPS) is 24.2. The average Bonchev–Trinajstić information content (AvgIpc) is 4.05. The Morgan fingerprint density at radius 1 is 1.06 bits per heavy atom. The number of hydrogen-bond acceptors (Lipinski definition) is 8. The molecule has 3 N–H and O–H groups in total. The number of hydrogen-bond donors (Lipinski definition) is 3. The number of ketones is 1. The summed E-state index contributed by atoms with van der Waals surface area (Å²) < 4.78 is 5.72. The van der Waals surface area contributed by atoms with Gasteiger partial charge in [-0.2, -0.15) is 0 Å². The van der Waals surface area contributed by atoms with Crippen LogP contribution in [0.3, 0.4) is 0 Å². The van der Waals surface area contributed by atoms with Crippen molar-refractivity contribution in [3.8, 4) is 5.75 Å². The van der Waals surface area contributed by atoms with Gasteiger partial charge in [-0.3, -0.25) is 24.0 Å². The maximum absolute atomic E-state index is 14.8. The zero-order chi connectivity index (χ0) is 38.9. The first-order valence-electron chi connectivity index (χ1n) is 19.1. The molecule has 4 amide bonds. The molecule has 6 atom stereocenters. The zero-order valence-electron chi connectivity index (χ0n) is 32.0. The van der Waals surface area contributed by atoms with Gasteiger partial charge in [0.2, 0.25) is 23.5 Å². The maximum Gasteiger partial charge on any atom is 0.289 e. The molecule has 1 saturated heterocycles. The van der Waals surface area contributed by atoms with Gasteiger partial charge in [0, 0.05) is 30.9 Å². The van der Waals surface area contributed by atoms with Crippen molar-refractivity contribution in [2.45, 2.75) is 110 Å². The summed E-state index contributed by atoms with van der Waals surface area (Å²) in [7, 11) is 0. The Kier molecular flexibility index (Phi) is 11.4. The van der Waals surface area contributed by atoms with Crippen LogP contribution in [0.15, 0.2) is 47.6 Å². The first-order chi connectivity index (χ1) is 25.6. The fourth-order valence-corrected chi connectivity index (χ4v) is 8.04. The van der Waals surface area contributed by atoms with Crippen molar-refractivity contribution >= 4 is 46.7 Å². The number of likely N-dealkylation sites (N-methyl/N-ethyl adjacent to an activating group) is 1. The number of amides is 4. The second-order valence-electron chi connectivity index (χ2n) is 16.3. The highest BCUT2D eigenvalue weighted by Gasteiger charge is 2.56. The number of oxime groups is 1. The summed E-state index contributed by atoms with van der Waals surface area (Å²) in [5, 5.41) is 13.3. The molecule has 290 valence electrons. The molecule has 13 heteroatoms. The second kappa shape index (κ2) is 15.7. The largest absolute Gasteiger partial charge is 0.492 e. The van der Waals surface area contributed by atoms with Crippen LogP contribution in [0, 0.1) is 24.2 Å². The van der Waals surface area contributed by atoms with Crippen LogP contribution in [-0.2, 0) is 28.8 Å². The van der Waals surface area contributed by atoms with Crippen LogP contribution < -0.4 is 20.7 Å². The van der Waals surface area contributed by atoms with E-state index in [1.807, 2.05) is 71.0 Å². The second-order valence-corrected chi connectivity index (χ2v) is 16.8. The van der Waals surface area contributed by atoms with Crippen molar-refractivity contribution in [3.63, 3.8) is 0 Å². The Hall–Kier alpha value is -4.45. The van der Waals surface area contributed by atoms with Gasteiger partial charge in [-0.25, -0.2) is 0 Å². The van der Waals surface area contributed by atoms with Crippen molar-refractivity contribution in [1.82, 2.24) is 20.9 Å². The highest BCUT2D eigenvalue weighted by atomic mass is 35.5. The minimum Gasteiger partial charge on any atom is -0.492 e. The van der Waals surface area contributed by atoms with Crippen LogP contribution in [0.2, 0.25) is 5.02 Å². The standard InChI is InChI=1S/C41H52ClN5O7/c1-7-43-38(51)33(48)30(17-24-14-15-24)44-37(50)32-21-41(20-31(46-54-41)26-16-23(3)34(53-8-2)29(42)18-26)22-47(32)39(52)35(40(4,5)6)45-36(49)28-19-27(28)25-12-10-9-11-13-25/h9-13,16,18,24,27-28,30,32,35H,7-8,14-15,17,19-22H2,1-6H3,(H,43,51)(H,44,50)(H,45,49)/t27-,28+,30-,32-,35+,41+/m0/s1. The molecule has 2 aromatic carbocycles. The summed E-state index contributed by atoms with van der Waals surface area (Å²) >= 11 is 6.60. The number of Topliss-reactive ketones (excluding diaryl/α,β-unsaturated/α-hetero) is 1. The molecule has 2 aliphatic heterocycles. The Morgan fingerprint density at radius 3 is 2.41 bits per heavy atom. The van der Waals surface area contributed by atoms with Gasteiger partial charge in [0.05, 0.1) is 29.9 Å².